The smallest absolute Gasteiger partial charge is 0.287 e. The summed E-state index contributed by atoms with van der Waals surface area (Å²) in [4.78, 5) is 12.2. The minimum Gasteiger partial charge on any atom is -0.485 e. The first-order valence-corrected chi connectivity index (χ1v) is 8.32. The van der Waals surface area contributed by atoms with E-state index in [4.69, 9.17) is 9.15 Å². The van der Waals surface area contributed by atoms with Crippen molar-refractivity contribution in [1.29, 1.82) is 0 Å². The molecule has 3 rings (SSSR count). The van der Waals surface area contributed by atoms with Crippen molar-refractivity contribution in [2.24, 2.45) is 0 Å². The van der Waals surface area contributed by atoms with Crippen molar-refractivity contribution in [2.45, 2.75) is 27.0 Å². The Morgan fingerprint density at radius 3 is 2.62 bits per heavy atom. The number of amides is 1. The number of furan rings is 1. The monoisotopic (exact) mass is 353 g/mol. The fourth-order valence-corrected chi connectivity index (χ4v) is 2.46. The van der Waals surface area contributed by atoms with Crippen LogP contribution in [0.4, 0.5) is 4.39 Å². The van der Waals surface area contributed by atoms with Gasteiger partial charge in [0, 0.05) is 6.54 Å². The molecule has 0 atom stereocenters. The topological polar surface area (TPSA) is 51.5 Å². The van der Waals surface area contributed by atoms with E-state index in [1.54, 1.807) is 24.3 Å². The molecule has 0 bridgehead atoms. The summed E-state index contributed by atoms with van der Waals surface area (Å²) in [6.45, 7) is 4.53. The molecule has 26 heavy (non-hydrogen) atoms. The fourth-order valence-electron chi connectivity index (χ4n) is 2.46. The summed E-state index contributed by atoms with van der Waals surface area (Å²) in [6, 6.07) is 15.3. The summed E-state index contributed by atoms with van der Waals surface area (Å²) in [7, 11) is 0. The maximum atomic E-state index is 12.9. The number of halogens is 1. The Morgan fingerprint density at radius 2 is 1.85 bits per heavy atom. The van der Waals surface area contributed by atoms with E-state index in [0.29, 0.717) is 12.3 Å². The zero-order valence-corrected chi connectivity index (χ0v) is 14.7. The zero-order chi connectivity index (χ0) is 18.5. The first-order valence-electron chi connectivity index (χ1n) is 8.32. The van der Waals surface area contributed by atoms with Gasteiger partial charge in [-0.2, -0.15) is 0 Å². The number of nitrogens with one attached hydrogen (secondary N) is 1. The van der Waals surface area contributed by atoms with Gasteiger partial charge in [0.1, 0.15) is 23.9 Å². The van der Waals surface area contributed by atoms with Crippen LogP contribution in [0.2, 0.25) is 0 Å². The number of aryl methyl sites for hydroxylation is 2. The molecule has 1 aromatic heterocycles. The van der Waals surface area contributed by atoms with Crippen LogP contribution >= 0.6 is 0 Å². The Balaban J connectivity index is 1.55. The highest BCUT2D eigenvalue weighted by Crippen LogP contribution is 2.21. The maximum Gasteiger partial charge on any atom is 0.287 e. The molecular weight excluding hydrogens is 333 g/mol. The molecule has 1 amide bonds. The molecule has 0 fully saturated rings. The van der Waals surface area contributed by atoms with Crippen molar-refractivity contribution in [3.05, 3.63) is 88.6 Å². The van der Waals surface area contributed by atoms with Crippen molar-refractivity contribution in [1.82, 2.24) is 5.32 Å². The van der Waals surface area contributed by atoms with Crippen LogP contribution in [0, 0.1) is 19.7 Å². The third-order valence-electron chi connectivity index (χ3n) is 3.97. The Kier molecular flexibility index (Phi) is 5.37. The van der Waals surface area contributed by atoms with E-state index in [-0.39, 0.29) is 24.1 Å². The van der Waals surface area contributed by atoms with Gasteiger partial charge in [-0.1, -0.05) is 24.3 Å². The second-order valence-electron chi connectivity index (χ2n) is 6.13. The fraction of sp³-hybridized carbons (Fsp3) is 0.190. The molecule has 5 heteroatoms. The minimum atomic E-state index is -0.327. The van der Waals surface area contributed by atoms with E-state index in [0.717, 1.165) is 22.4 Å². The Hall–Kier alpha value is -3.08. The molecule has 4 nitrogen and oxygen atoms in total. The van der Waals surface area contributed by atoms with Crippen LogP contribution in [0.5, 0.6) is 5.75 Å². The highest BCUT2D eigenvalue weighted by molar-refractivity contribution is 5.91. The highest BCUT2D eigenvalue weighted by atomic mass is 19.1. The Morgan fingerprint density at radius 1 is 1.08 bits per heavy atom. The summed E-state index contributed by atoms with van der Waals surface area (Å²) < 4.78 is 24.2. The Labute approximate surface area is 151 Å². The van der Waals surface area contributed by atoms with Gasteiger partial charge < -0.3 is 14.5 Å². The molecule has 0 radical (unpaired) electrons. The Bertz CT molecular complexity index is 900. The van der Waals surface area contributed by atoms with Crippen LogP contribution in [0.1, 0.15) is 33.0 Å². The number of carbonyl (C=O) groups excluding carboxylic acids is 1. The molecule has 3 aromatic rings. The molecular formula is C21H20FNO3. The van der Waals surface area contributed by atoms with Gasteiger partial charge in [-0.3, -0.25) is 4.79 Å². The molecule has 2 aromatic carbocycles. The number of rotatable bonds is 6. The molecule has 0 aliphatic rings. The van der Waals surface area contributed by atoms with Gasteiger partial charge in [0.05, 0.1) is 0 Å². The molecule has 0 aliphatic carbocycles. The molecule has 0 saturated carbocycles. The van der Waals surface area contributed by atoms with Crippen molar-refractivity contribution in [2.75, 3.05) is 0 Å². The average molecular weight is 353 g/mol. The lowest BCUT2D eigenvalue weighted by Crippen LogP contribution is -2.22. The van der Waals surface area contributed by atoms with Crippen molar-refractivity contribution >= 4 is 5.91 Å². The number of benzene rings is 2. The van der Waals surface area contributed by atoms with Crippen LogP contribution in [0.15, 0.2) is 59.0 Å². The van der Waals surface area contributed by atoms with Gasteiger partial charge in [0.15, 0.2) is 5.76 Å². The summed E-state index contributed by atoms with van der Waals surface area (Å²) in [5, 5.41) is 2.74. The molecule has 0 spiro atoms. The first-order chi connectivity index (χ1) is 12.5. The summed E-state index contributed by atoms with van der Waals surface area (Å²) in [6.07, 6.45) is 0. The maximum absolute atomic E-state index is 12.9. The van der Waals surface area contributed by atoms with E-state index in [2.05, 4.69) is 5.32 Å². The summed E-state index contributed by atoms with van der Waals surface area (Å²) >= 11 is 0. The standard InChI is InChI=1S/C21H20FNO3/c1-14-3-4-15(2)20(11-14)25-13-18-9-10-19(26-18)21(24)23-12-16-5-7-17(22)8-6-16/h3-11H,12-13H2,1-2H3,(H,23,24). The zero-order valence-electron chi connectivity index (χ0n) is 14.7. The van der Waals surface area contributed by atoms with Crippen molar-refractivity contribution in [3.63, 3.8) is 0 Å². The highest BCUT2D eigenvalue weighted by Gasteiger charge is 2.12. The van der Waals surface area contributed by atoms with E-state index in [1.807, 2.05) is 32.0 Å². The number of ether oxygens (including phenoxy) is 1. The van der Waals surface area contributed by atoms with Gasteiger partial charge in [-0.05, 0) is 60.9 Å². The van der Waals surface area contributed by atoms with Crippen LogP contribution in [0.25, 0.3) is 0 Å². The van der Waals surface area contributed by atoms with Gasteiger partial charge >= 0.3 is 0 Å². The first kappa shape index (κ1) is 17.7. The second kappa shape index (κ2) is 7.87. The lowest BCUT2D eigenvalue weighted by Gasteiger charge is -2.08. The van der Waals surface area contributed by atoms with E-state index >= 15 is 0 Å². The van der Waals surface area contributed by atoms with Gasteiger partial charge in [0.25, 0.3) is 5.91 Å². The van der Waals surface area contributed by atoms with Crippen LogP contribution in [-0.4, -0.2) is 5.91 Å². The van der Waals surface area contributed by atoms with Gasteiger partial charge in [-0.15, -0.1) is 0 Å². The predicted octanol–water partition coefficient (Wildman–Crippen LogP) is 4.54. The number of hydrogen-bond donors (Lipinski definition) is 1. The molecule has 0 aliphatic heterocycles. The lowest BCUT2D eigenvalue weighted by molar-refractivity contribution is 0.0919. The minimum absolute atomic E-state index is 0.215. The third kappa shape index (κ3) is 4.51. The largest absolute Gasteiger partial charge is 0.485 e. The molecule has 1 N–H and O–H groups in total. The van der Waals surface area contributed by atoms with Crippen LogP contribution < -0.4 is 10.1 Å². The van der Waals surface area contributed by atoms with Crippen LogP contribution in [-0.2, 0) is 13.2 Å². The van der Waals surface area contributed by atoms with Crippen LogP contribution in [0.3, 0.4) is 0 Å². The molecule has 0 unspecified atom stereocenters. The molecule has 0 saturated heterocycles. The van der Waals surface area contributed by atoms with Gasteiger partial charge in [0.2, 0.25) is 0 Å². The third-order valence-corrected chi connectivity index (χ3v) is 3.97. The SMILES string of the molecule is Cc1ccc(C)c(OCc2ccc(C(=O)NCc3ccc(F)cc3)o2)c1. The van der Waals surface area contributed by atoms with Gasteiger partial charge in [-0.25, -0.2) is 4.39 Å². The normalized spacial score (nSPS) is 10.6. The average Bonchev–Trinajstić information content (AvgIpc) is 3.11. The van der Waals surface area contributed by atoms with E-state index < -0.39 is 0 Å². The molecule has 134 valence electrons. The van der Waals surface area contributed by atoms with Crippen molar-refractivity contribution < 1.29 is 18.3 Å². The summed E-state index contributed by atoms with van der Waals surface area (Å²) in [5.74, 6) is 0.945. The molecule has 1 heterocycles. The predicted molar refractivity (Wildman–Crippen MR) is 96.5 cm³/mol. The number of carbonyl (C=O) groups is 1. The number of hydrogen-bond acceptors (Lipinski definition) is 3. The quantitative estimate of drug-likeness (QED) is 0.708. The van der Waals surface area contributed by atoms with E-state index in [1.165, 1.54) is 12.1 Å². The summed E-state index contributed by atoms with van der Waals surface area (Å²) in [5.41, 5.74) is 2.97. The second-order valence-corrected chi connectivity index (χ2v) is 6.13. The van der Waals surface area contributed by atoms with Crippen molar-refractivity contribution in [3.8, 4) is 5.75 Å². The van der Waals surface area contributed by atoms with E-state index in [9.17, 15) is 9.18 Å². The lowest BCUT2D eigenvalue weighted by atomic mass is 10.1.